The first kappa shape index (κ1) is 17.7. The van der Waals surface area contributed by atoms with E-state index in [9.17, 15) is 4.39 Å². The Bertz CT molecular complexity index is 595. The van der Waals surface area contributed by atoms with Crippen LogP contribution < -0.4 is 0 Å². The van der Waals surface area contributed by atoms with E-state index in [1.807, 2.05) is 18.2 Å². The average molecular weight is 330 g/mol. The van der Waals surface area contributed by atoms with E-state index in [1.54, 1.807) is 0 Å². The molecule has 0 aromatic heterocycles. The highest BCUT2D eigenvalue weighted by atomic mass is 19.1. The third kappa shape index (κ3) is 3.31. The maximum atomic E-state index is 13.9. The van der Waals surface area contributed by atoms with Gasteiger partial charge in [-0.1, -0.05) is 36.4 Å². The van der Waals surface area contributed by atoms with Crippen molar-refractivity contribution >= 4 is 7.12 Å². The van der Waals surface area contributed by atoms with E-state index in [2.05, 4.69) is 45.9 Å². The van der Waals surface area contributed by atoms with Gasteiger partial charge in [0.05, 0.1) is 17.9 Å². The van der Waals surface area contributed by atoms with Gasteiger partial charge in [0, 0.05) is 5.41 Å². The Morgan fingerprint density at radius 2 is 1.67 bits per heavy atom. The zero-order chi connectivity index (χ0) is 17.4. The molecule has 0 unspecified atom stereocenters. The van der Waals surface area contributed by atoms with Crippen LogP contribution in [0.3, 0.4) is 0 Å². The molecule has 1 atom stereocenters. The molecule has 0 bridgehead atoms. The van der Waals surface area contributed by atoms with Crippen molar-refractivity contribution in [2.75, 3.05) is 6.67 Å². The molecule has 1 aromatic rings. The number of hydrogen-bond acceptors (Lipinski definition) is 2. The third-order valence-corrected chi connectivity index (χ3v) is 6.00. The Morgan fingerprint density at radius 1 is 1.04 bits per heavy atom. The zero-order valence-corrected chi connectivity index (χ0v) is 15.3. The van der Waals surface area contributed by atoms with Gasteiger partial charge in [-0.15, -0.1) is 0 Å². The van der Waals surface area contributed by atoms with Crippen molar-refractivity contribution in [3.63, 3.8) is 0 Å². The molecule has 4 heteroatoms. The molecule has 1 saturated heterocycles. The fourth-order valence-corrected chi connectivity index (χ4v) is 3.53. The number of halogens is 1. The van der Waals surface area contributed by atoms with E-state index < -0.39 is 0 Å². The largest absolute Gasteiger partial charge is 0.490 e. The van der Waals surface area contributed by atoms with Crippen LogP contribution in [0.2, 0.25) is 0 Å². The van der Waals surface area contributed by atoms with Crippen LogP contribution in [0, 0.1) is 5.41 Å². The van der Waals surface area contributed by atoms with Crippen LogP contribution in [-0.4, -0.2) is 25.0 Å². The average Bonchev–Trinajstić information content (AvgIpc) is 2.77. The quantitative estimate of drug-likeness (QED) is 0.729. The highest BCUT2D eigenvalue weighted by molar-refractivity contribution is 6.54. The normalized spacial score (nSPS) is 28.7. The highest BCUT2D eigenvalue weighted by Gasteiger charge is 2.52. The Hall–Kier alpha value is -1.13. The van der Waals surface area contributed by atoms with Crippen LogP contribution in [0.5, 0.6) is 0 Å². The fraction of sp³-hybridized carbons (Fsp3) is 0.600. The molecule has 2 nitrogen and oxygen atoms in total. The Labute approximate surface area is 145 Å². The first-order valence-electron chi connectivity index (χ1n) is 8.91. The summed E-state index contributed by atoms with van der Waals surface area (Å²) in [4.78, 5) is 0. The minimum atomic E-state index is -0.322. The Balaban J connectivity index is 1.71. The van der Waals surface area contributed by atoms with Crippen LogP contribution in [0.15, 0.2) is 41.9 Å². The molecule has 0 radical (unpaired) electrons. The first-order valence-corrected chi connectivity index (χ1v) is 8.91. The summed E-state index contributed by atoms with van der Waals surface area (Å²) in [5.41, 5.74) is 1.46. The molecule has 1 fully saturated rings. The van der Waals surface area contributed by atoms with Crippen LogP contribution in [0.25, 0.3) is 0 Å². The maximum absolute atomic E-state index is 13.9. The number of allylic oxidation sites excluding steroid dienone is 2. The lowest BCUT2D eigenvalue weighted by atomic mass is 9.64. The van der Waals surface area contributed by atoms with Gasteiger partial charge in [0.25, 0.3) is 0 Å². The molecule has 24 heavy (non-hydrogen) atoms. The molecule has 0 N–H and O–H groups in total. The second kappa shape index (κ2) is 6.31. The SMILES string of the molecule is CC1(C)OB(C2=CC[C@](CF)(Cc3ccccc3)CC2)OC1(C)C. The van der Waals surface area contributed by atoms with Crippen molar-refractivity contribution in [1.82, 2.24) is 0 Å². The summed E-state index contributed by atoms with van der Waals surface area (Å²) in [6, 6.07) is 10.2. The molecule has 0 amide bonds. The standard InChI is InChI=1S/C20H28BFO2/c1-18(2)19(3,4)24-21(23-18)17-10-12-20(15-22,13-11-17)14-16-8-6-5-7-9-16/h5-10H,11-15H2,1-4H3/t20-/m1/s1. The van der Waals surface area contributed by atoms with Crippen molar-refractivity contribution < 1.29 is 13.7 Å². The summed E-state index contributed by atoms with van der Waals surface area (Å²) >= 11 is 0. The predicted molar refractivity (Wildman–Crippen MR) is 96.6 cm³/mol. The third-order valence-electron chi connectivity index (χ3n) is 6.00. The molecule has 130 valence electrons. The van der Waals surface area contributed by atoms with Gasteiger partial charge in [0.2, 0.25) is 0 Å². The summed E-state index contributed by atoms with van der Waals surface area (Å²) in [6.45, 7) is 7.99. The van der Waals surface area contributed by atoms with Crippen LogP contribution >= 0.6 is 0 Å². The molecule has 1 aliphatic heterocycles. The summed E-state index contributed by atoms with van der Waals surface area (Å²) in [5, 5.41) is 0. The van der Waals surface area contributed by atoms with Crippen LogP contribution in [0.1, 0.15) is 52.5 Å². The van der Waals surface area contributed by atoms with Crippen LogP contribution in [-0.2, 0) is 15.7 Å². The molecular weight excluding hydrogens is 302 g/mol. The number of benzene rings is 1. The Morgan fingerprint density at radius 3 is 2.17 bits per heavy atom. The minimum Gasteiger partial charge on any atom is -0.400 e. The topological polar surface area (TPSA) is 18.5 Å². The van der Waals surface area contributed by atoms with Gasteiger partial charge in [-0.25, -0.2) is 0 Å². The molecule has 0 saturated carbocycles. The summed E-state index contributed by atoms with van der Waals surface area (Å²) in [5.74, 6) is 0. The fourth-order valence-electron chi connectivity index (χ4n) is 3.53. The number of rotatable bonds is 4. The molecule has 0 spiro atoms. The van der Waals surface area contributed by atoms with E-state index in [-0.39, 0.29) is 30.4 Å². The van der Waals surface area contributed by atoms with Crippen molar-refractivity contribution in [2.24, 2.45) is 5.41 Å². The predicted octanol–water partition coefficient (Wildman–Crippen LogP) is 4.93. The van der Waals surface area contributed by atoms with Gasteiger partial charge in [-0.05, 0) is 64.4 Å². The lowest BCUT2D eigenvalue weighted by Crippen LogP contribution is -2.41. The smallest absolute Gasteiger partial charge is 0.400 e. The molecule has 1 aromatic carbocycles. The maximum Gasteiger partial charge on any atom is 0.490 e. The summed E-state index contributed by atoms with van der Waals surface area (Å²) < 4.78 is 26.2. The van der Waals surface area contributed by atoms with E-state index in [4.69, 9.17) is 9.31 Å². The molecule has 1 aliphatic carbocycles. The lowest BCUT2D eigenvalue weighted by Gasteiger charge is -2.34. The molecular formula is C20H28BFO2. The second-order valence-corrected chi connectivity index (χ2v) is 8.37. The lowest BCUT2D eigenvalue weighted by molar-refractivity contribution is 0.00578. The van der Waals surface area contributed by atoms with E-state index in [1.165, 1.54) is 11.0 Å². The van der Waals surface area contributed by atoms with Crippen molar-refractivity contribution in [2.45, 2.75) is 64.6 Å². The zero-order valence-electron chi connectivity index (χ0n) is 15.3. The molecule has 2 aliphatic rings. The Kier molecular flexibility index (Phi) is 4.65. The van der Waals surface area contributed by atoms with Crippen molar-refractivity contribution in [1.29, 1.82) is 0 Å². The van der Waals surface area contributed by atoms with Gasteiger partial charge in [0.15, 0.2) is 0 Å². The monoisotopic (exact) mass is 330 g/mol. The van der Waals surface area contributed by atoms with Gasteiger partial charge in [0.1, 0.15) is 0 Å². The second-order valence-electron chi connectivity index (χ2n) is 8.37. The van der Waals surface area contributed by atoms with Gasteiger partial charge < -0.3 is 9.31 Å². The first-order chi connectivity index (χ1) is 11.3. The van der Waals surface area contributed by atoms with Crippen molar-refractivity contribution in [3.05, 3.63) is 47.4 Å². The molecule has 3 rings (SSSR count). The van der Waals surface area contributed by atoms with Crippen molar-refractivity contribution in [3.8, 4) is 0 Å². The summed E-state index contributed by atoms with van der Waals surface area (Å²) in [6.07, 6.45) is 5.38. The van der Waals surface area contributed by atoms with E-state index >= 15 is 0 Å². The number of alkyl halides is 1. The summed E-state index contributed by atoms with van der Waals surface area (Å²) in [7, 11) is -0.288. The van der Waals surface area contributed by atoms with E-state index in [0.717, 1.165) is 25.7 Å². The molecule has 1 heterocycles. The van der Waals surface area contributed by atoms with Crippen LogP contribution in [0.4, 0.5) is 4.39 Å². The van der Waals surface area contributed by atoms with E-state index in [0.29, 0.717) is 0 Å². The highest BCUT2D eigenvalue weighted by Crippen LogP contribution is 2.44. The number of hydrogen-bond donors (Lipinski definition) is 0. The van der Waals surface area contributed by atoms with Gasteiger partial charge in [-0.2, -0.15) is 0 Å². The van der Waals surface area contributed by atoms with Gasteiger partial charge in [-0.3, -0.25) is 4.39 Å². The van der Waals surface area contributed by atoms with Gasteiger partial charge >= 0.3 is 7.12 Å². The minimum absolute atomic E-state index is 0.283.